The van der Waals surface area contributed by atoms with Gasteiger partial charge in [-0.1, -0.05) is 24.3 Å². The summed E-state index contributed by atoms with van der Waals surface area (Å²) in [5, 5.41) is 6.97. The number of carbonyl (C=O) groups excluding carboxylic acids is 1. The summed E-state index contributed by atoms with van der Waals surface area (Å²) in [5.41, 5.74) is 3.35. The Balaban J connectivity index is 1.59. The molecule has 1 aromatic heterocycles. The Bertz CT molecular complexity index is 651. The van der Waals surface area contributed by atoms with E-state index in [1.165, 1.54) is 11.1 Å². The molecule has 0 saturated carbocycles. The highest BCUT2D eigenvalue weighted by molar-refractivity contribution is 7.08. The summed E-state index contributed by atoms with van der Waals surface area (Å²) < 4.78 is 5.74. The predicted molar refractivity (Wildman–Crippen MR) is 90.0 cm³/mol. The van der Waals surface area contributed by atoms with Crippen molar-refractivity contribution in [3.05, 3.63) is 63.9 Å². The molecular formula is C18H19NO2S. The van der Waals surface area contributed by atoms with Gasteiger partial charge in [0.1, 0.15) is 0 Å². The number of ether oxygens (including phenoxy) is 1. The van der Waals surface area contributed by atoms with Gasteiger partial charge in [0, 0.05) is 32.6 Å². The number of nitrogens with one attached hydrogen (secondary N) is 1. The maximum atomic E-state index is 12.0. The Hall–Kier alpha value is -1.91. The van der Waals surface area contributed by atoms with E-state index < -0.39 is 0 Å². The van der Waals surface area contributed by atoms with Crippen molar-refractivity contribution in [3.63, 3.8) is 0 Å². The predicted octanol–water partition coefficient (Wildman–Crippen LogP) is 3.06. The third-order valence-electron chi connectivity index (χ3n) is 4.13. The van der Waals surface area contributed by atoms with Crippen LogP contribution < -0.4 is 5.32 Å². The Morgan fingerprint density at radius 2 is 2.05 bits per heavy atom. The minimum absolute atomic E-state index is 0.0846. The molecule has 0 fully saturated rings. The van der Waals surface area contributed by atoms with E-state index in [-0.39, 0.29) is 11.5 Å². The molecule has 3 nitrogen and oxygen atoms in total. The minimum atomic E-state index is -0.324. The van der Waals surface area contributed by atoms with Crippen LogP contribution in [-0.2, 0) is 22.4 Å². The van der Waals surface area contributed by atoms with Crippen LogP contribution >= 0.6 is 11.3 Å². The van der Waals surface area contributed by atoms with Crippen molar-refractivity contribution in [2.45, 2.75) is 18.4 Å². The third-order valence-corrected chi connectivity index (χ3v) is 4.83. The van der Waals surface area contributed by atoms with Crippen molar-refractivity contribution in [2.75, 3.05) is 13.7 Å². The van der Waals surface area contributed by atoms with Crippen molar-refractivity contribution < 1.29 is 9.53 Å². The van der Waals surface area contributed by atoms with Crippen molar-refractivity contribution in [2.24, 2.45) is 0 Å². The first kappa shape index (κ1) is 15.0. The molecule has 0 aliphatic heterocycles. The van der Waals surface area contributed by atoms with Crippen LogP contribution in [0.25, 0.3) is 6.08 Å². The van der Waals surface area contributed by atoms with Gasteiger partial charge in [-0.15, -0.1) is 0 Å². The van der Waals surface area contributed by atoms with Gasteiger partial charge in [-0.05, 0) is 39.6 Å². The lowest BCUT2D eigenvalue weighted by Gasteiger charge is -2.27. The molecule has 0 unspecified atom stereocenters. The maximum Gasteiger partial charge on any atom is 0.244 e. The average molecular weight is 313 g/mol. The van der Waals surface area contributed by atoms with Gasteiger partial charge in [-0.3, -0.25) is 4.79 Å². The van der Waals surface area contributed by atoms with Crippen molar-refractivity contribution >= 4 is 23.3 Å². The van der Waals surface area contributed by atoms with Gasteiger partial charge in [-0.2, -0.15) is 11.3 Å². The molecule has 22 heavy (non-hydrogen) atoms. The number of carbonyl (C=O) groups is 1. The summed E-state index contributed by atoms with van der Waals surface area (Å²) in [6, 6.07) is 10.3. The van der Waals surface area contributed by atoms with E-state index in [9.17, 15) is 4.79 Å². The summed E-state index contributed by atoms with van der Waals surface area (Å²) in [5.74, 6) is -0.0846. The van der Waals surface area contributed by atoms with Crippen LogP contribution in [0, 0.1) is 0 Å². The van der Waals surface area contributed by atoms with Crippen LogP contribution in [0.3, 0.4) is 0 Å². The van der Waals surface area contributed by atoms with E-state index in [0.717, 1.165) is 18.4 Å². The number of hydrogen-bond donors (Lipinski definition) is 1. The summed E-state index contributed by atoms with van der Waals surface area (Å²) in [4.78, 5) is 12.0. The molecule has 1 aliphatic rings. The highest BCUT2D eigenvalue weighted by Gasteiger charge is 2.37. The Kier molecular flexibility index (Phi) is 4.41. The number of thiophene rings is 1. The number of methoxy groups -OCH3 is 1. The summed E-state index contributed by atoms with van der Waals surface area (Å²) in [6.45, 7) is 0.519. The molecule has 0 radical (unpaired) electrons. The Labute approximate surface area is 134 Å². The molecule has 1 aromatic carbocycles. The van der Waals surface area contributed by atoms with Gasteiger partial charge in [0.2, 0.25) is 5.91 Å². The third kappa shape index (κ3) is 3.29. The molecule has 2 aromatic rings. The molecule has 1 N–H and O–H groups in total. The van der Waals surface area contributed by atoms with Gasteiger partial charge in [0.05, 0.1) is 5.60 Å². The van der Waals surface area contributed by atoms with E-state index >= 15 is 0 Å². The normalized spacial score (nSPS) is 15.9. The van der Waals surface area contributed by atoms with Crippen LogP contribution in [-0.4, -0.2) is 25.2 Å². The van der Waals surface area contributed by atoms with Crippen LogP contribution in [0.4, 0.5) is 0 Å². The SMILES string of the molecule is COC1(CNC(=O)/C=C/c2ccsc2)Cc2ccccc2C1. The molecule has 0 bridgehead atoms. The molecule has 3 rings (SSSR count). The molecule has 1 heterocycles. The first-order valence-electron chi connectivity index (χ1n) is 7.31. The second kappa shape index (κ2) is 6.46. The maximum absolute atomic E-state index is 12.0. The van der Waals surface area contributed by atoms with Gasteiger partial charge in [0.15, 0.2) is 0 Å². The monoisotopic (exact) mass is 313 g/mol. The number of hydrogen-bond acceptors (Lipinski definition) is 3. The number of fused-ring (bicyclic) bond motifs is 1. The van der Waals surface area contributed by atoms with Crippen molar-refractivity contribution in [1.29, 1.82) is 0 Å². The lowest BCUT2D eigenvalue weighted by molar-refractivity contribution is -0.118. The molecule has 0 atom stereocenters. The van der Waals surface area contributed by atoms with Crippen LogP contribution in [0.15, 0.2) is 47.2 Å². The van der Waals surface area contributed by atoms with Gasteiger partial charge in [0.25, 0.3) is 0 Å². The van der Waals surface area contributed by atoms with E-state index in [0.29, 0.717) is 6.54 Å². The fraction of sp³-hybridized carbons (Fsp3) is 0.278. The van der Waals surface area contributed by atoms with E-state index in [1.54, 1.807) is 24.5 Å². The molecule has 1 aliphatic carbocycles. The smallest absolute Gasteiger partial charge is 0.244 e. The fourth-order valence-electron chi connectivity index (χ4n) is 2.85. The summed E-state index contributed by atoms with van der Waals surface area (Å²) in [6.07, 6.45) is 5.09. The van der Waals surface area contributed by atoms with Gasteiger partial charge in [-0.25, -0.2) is 0 Å². The molecule has 1 amide bonds. The molecule has 0 saturated heterocycles. The molecule has 114 valence electrons. The Morgan fingerprint density at radius 3 is 2.64 bits per heavy atom. The van der Waals surface area contributed by atoms with Crippen LogP contribution in [0.2, 0.25) is 0 Å². The molecule has 4 heteroatoms. The van der Waals surface area contributed by atoms with E-state index in [2.05, 4.69) is 17.4 Å². The standard InChI is InChI=1S/C18H19NO2S/c1-21-18(10-15-4-2-3-5-16(15)11-18)13-19-17(20)7-6-14-8-9-22-12-14/h2-9,12H,10-11,13H2,1H3,(H,19,20)/b7-6+. The highest BCUT2D eigenvalue weighted by atomic mass is 32.1. The fourth-order valence-corrected chi connectivity index (χ4v) is 3.48. The zero-order valence-electron chi connectivity index (χ0n) is 12.5. The molecular weight excluding hydrogens is 294 g/mol. The highest BCUT2D eigenvalue weighted by Crippen LogP contribution is 2.32. The number of benzene rings is 1. The second-order valence-corrected chi connectivity index (χ2v) is 6.40. The molecule has 0 spiro atoms. The quantitative estimate of drug-likeness (QED) is 0.862. The van der Waals surface area contributed by atoms with Crippen molar-refractivity contribution in [3.8, 4) is 0 Å². The average Bonchev–Trinajstić information content (AvgIpc) is 3.18. The topological polar surface area (TPSA) is 38.3 Å². The van der Waals surface area contributed by atoms with Crippen LogP contribution in [0.5, 0.6) is 0 Å². The zero-order valence-corrected chi connectivity index (χ0v) is 13.4. The van der Waals surface area contributed by atoms with Gasteiger partial charge < -0.3 is 10.1 Å². The zero-order chi connectivity index (χ0) is 15.4. The largest absolute Gasteiger partial charge is 0.376 e. The van der Waals surface area contributed by atoms with Gasteiger partial charge >= 0.3 is 0 Å². The van der Waals surface area contributed by atoms with Crippen molar-refractivity contribution in [1.82, 2.24) is 5.32 Å². The Morgan fingerprint density at radius 1 is 1.32 bits per heavy atom. The van der Waals surface area contributed by atoms with Crippen LogP contribution in [0.1, 0.15) is 16.7 Å². The first-order valence-corrected chi connectivity index (χ1v) is 8.25. The summed E-state index contributed by atoms with van der Waals surface area (Å²) >= 11 is 1.62. The second-order valence-electron chi connectivity index (χ2n) is 5.62. The number of amides is 1. The lowest BCUT2D eigenvalue weighted by Crippen LogP contribution is -2.44. The van der Waals surface area contributed by atoms with E-state index in [4.69, 9.17) is 4.74 Å². The summed E-state index contributed by atoms with van der Waals surface area (Å²) in [7, 11) is 1.72. The minimum Gasteiger partial charge on any atom is -0.376 e. The lowest BCUT2D eigenvalue weighted by atomic mass is 10.00. The first-order chi connectivity index (χ1) is 10.7. The number of rotatable bonds is 5. The van der Waals surface area contributed by atoms with E-state index in [1.807, 2.05) is 35.0 Å².